The second-order valence-corrected chi connectivity index (χ2v) is 8.20. The summed E-state index contributed by atoms with van der Waals surface area (Å²) in [5.41, 5.74) is 0. The summed E-state index contributed by atoms with van der Waals surface area (Å²) in [4.78, 5) is 0. The van der Waals surface area contributed by atoms with Gasteiger partial charge in [0.25, 0.3) is 0 Å². The van der Waals surface area contributed by atoms with Gasteiger partial charge in [-0.05, 0) is 0 Å². The van der Waals surface area contributed by atoms with E-state index in [0.717, 1.165) is 4.31 Å². The summed E-state index contributed by atoms with van der Waals surface area (Å²) >= 11 is 16.9. The van der Waals surface area contributed by atoms with Crippen LogP contribution in [0.4, 0.5) is 0 Å². The van der Waals surface area contributed by atoms with Crippen LogP contribution < -0.4 is 0 Å². The van der Waals surface area contributed by atoms with Crippen LogP contribution in [0.15, 0.2) is 0 Å². The van der Waals surface area contributed by atoms with E-state index in [1.54, 1.807) is 6.07 Å². The van der Waals surface area contributed by atoms with Crippen molar-refractivity contribution in [3.05, 3.63) is 0 Å². The molecule has 0 aliphatic rings. The van der Waals surface area contributed by atoms with Crippen molar-refractivity contribution < 1.29 is 8.76 Å². The first kappa shape index (κ1) is 17.1. The highest BCUT2D eigenvalue weighted by molar-refractivity contribution is 8.16. The van der Waals surface area contributed by atoms with Gasteiger partial charge < -0.3 is 4.55 Å². The molecular weight excluding hydrogens is 335 g/mol. The largest absolute Gasteiger partial charge is 0.760 e. The number of alkyl halides is 3. The van der Waals surface area contributed by atoms with Crippen LogP contribution in [-0.4, -0.2) is 40.1 Å². The summed E-state index contributed by atoms with van der Waals surface area (Å²) in [6.45, 7) is -0.155. The molecule has 0 saturated heterocycles. The highest BCUT2D eigenvalue weighted by atomic mass is 35.6. The minimum Gasteiger partial charge on any atom is -0.760 e. The molecule has 0 aliphatic carbocycles. The van der Waals surface area contributed by atoms with Crippen molar-refractivity contribution in [1.82, 2.24) is 4.31 Å². The van der Waals surface area contributed by atoms with E-state index in [1.807, 2.05) is 0 Å². The smallest absolute Gasteiger partial charge is 0.199 e. The average Bonchev–Trinajstić information content (AvgIpc) is 2.13. The van der Waals surface area contributed by atoms with Crippen molar-refractivity contribution in [2.45, 2.75) is 3.79 Å². The van der Waals surface area contributed by atoms with Crippen LogP contribution in [0.1, 0.15) is 0 Å². The Balaban J connectivity index is 3.64. The van der Waals surface area contributed by atoms with Crippen molar-refractivity contribution in [3.8, 4) is 6.07 Å². The van der Waals surface area contributed by atoms with E-state index in [0.29, 0.717) is 10.8 Å². The Labute approximate surface area is 120 Å². The lowest BCUT2D eigenvalue weighted by Crippen LogP contribution is -2.25. The molecule has 0 spiro atoms. The quantitative estimate of drug-likeness (QED) is 0.233. The van der Waals surface area contributed by atoms with Gasteiger partial charge in [0.05, 0.1) is 18.5 Å². The Kier molecular flexibility index (Phi) is 9.76. The van der Waals surface area contributed by atoms with E-state index < -0.39 is 15.1 Å². The zero-order valence-electron chi connectivity index (χ0n) is 7.90. The molecule has 10 heteroatoms. The fourth-order valence-electron chi connectivity index (χ4n) is 0.576. The maximum atomic E-state index is 10.6. The standard InChI is InChI=1S/C6H9Cl3N2O2S3/c7-6(8,9)3-14-5-15-4-11(2-1-10)16(12)13/h2-5H2,(H,12,13)/p-1. The van der Waals surface area contributed by atoms with Gasteiger partial charge in [-0.2, -0.15) is 5.26 Å². The highest BCUT2D eigenvalue weighted by Gasteiger charge is 2.18. The molecule has 0 aromatic heterocycles. The van der Waals surface area contributed by atoms with E-state index >= 15 is 0 Å². The fraction of sp³-hybridized carbons (Fsp3) is 0.833. The summed E-state index contributed by atoms with van der Waals surface area (Å²) in [7, 11) is 0. The van der Waals surface area contributed by atoms with Crippen LogP contribution in [0.2, 0.25) is 0 Å². The Hall–Kier alpha value is 1.13. The Morgan fingerprint density at radius 3 is 2.50 bits per heavy atom. The molecule has 0 saturated carbocycles. The molecule has 0 N–H and O–H groups in total. The first-order valence-corrected chi connectivity index (χ1v) is 8.28. The van der Waals surface area contributed by atoms with Gasteiger partial charge in [-0.15, -0.1) is 23.5 Å². The summed E-state index contributed by atoms with van der Waals surface area (Å²) in [5, 5.41) is 8.95. The zero-order chi connectivity index (χ0) is 12.6. The second kappa shape index (κ2) is 9.11. The van der Waals surface area contributed by atoms with E-state index in [1.165, 1.54) is 23.5 Å². The minimum atomic E-state index is -2.37. The number of nitriles is 1. The van der Waals surface area contributed by atoms with Gasteiger partial charge in [0, 0.05) is 22.1 Å². The molecule has 0 rings (SSSR count). The van der Waals surface area contributed by atoms with Crippen molar-refractivity contribution in [1.29, 1.82) is 5.26 Å². The van der Waals surface area contributed by atoms with Crippen LogP contribution in [-0.2, 0) is 11.3 Å². The lowest BCUT2D eigenvalue weighted by atomic mass is 10.7. The van der Waals surface area contributed by atoms with Crippen molar-refractivity contribution in [3.63, 3.8) is 0 Å². The maximum absolute atomic E-state index is 10.6. The molecule has 4 nitrogen and oxygen atoms in total. The minimum absolute atomic E-state index is 0.155. The predicted octanol–water partition coefficient (Wildman–Crippen LogP) is 2.36. The molecule has 1 unspecified atom stereocenters. The number of hydrogen-bond acceptors (Lipinski definition) is 5. The van der Waals surface area contributed by atoms with E-state index in [9.17, 15) is 8.76 Å². The summed E-state index contributed by atoms with van der Waals surface area (Å²) in [5.74, 6) is 0.555. The highest BCUT2D eigenvalue weighted by Crippen LogP contribution is 2.31. The van der Waals surface area contributed by atoms with Gasteiger partial charge in [0.1, 0.15) is 0 Å². The molecule has 0 aromatic carbocycles. The third-order valence-corrected chi connectivity index (χ3v) is 5.31. The van der Waals surface area contributed by atoms with Gasteiger partial charge in [-0.3, -0.25) is 4.21 Å². The third kappa shape index (κ3) is 10.3. The maximum Gasteiger partial charge on any atom is 0.199 e. The molecule has 0 bridgehead atoms. The fourth-order valence-corrected chi connectivity index (χ4v) is 3.63. The van der Waals surface area contributed by atoms with Gasteiger partial charge >= 0.3 is 0 Å². The molecule has 0 aliphatic heterocycles. The van der Waals surface area contributed by atoms with Crippen LogP contribution in [0, 0.1) is 11.3 Å². The van der Waals surface area contributed by atoms with Crippen molar-refractivity contribution in [2.24, 2.45) is 0 Å². The molecule has 0 aromatic rings. The van der Waals surface area contributed by atoms with Crippen LogP contribution in [0.3, 0.4) is 0 Å². The average molecular weight is 343 g/mol. The number of nitrogens with zero attached hydrogens (tertiary/aromatic N) is 2. The van der Waals surface area contributed by atoms with E-state index in [4.69, 9.17) is 40.1 Å². The second-order valence-electron chi connectivity index (χ2n) is 2.43. The van der Waals surface area contributed by atoms with E-state index in [2.05, 4.69) is 0 Å². The van der Waals surface area contributed by atoms with Gasteiger partial charge in [0.2, 0.25) is 0 Å². The Bertz CT molecular complexity index is 269. The summed E-state index contributed by atoms with van der Waals surface area (Å²) in [6.07, 6.45) is 0. The van der Waals surface area contributed by atoms with Gasteiger partial charge in [-0.1, -0.05) is 34.8 Å². The lowest BCUT2D eigenvalue weighted by molar-refractivity contribution is 0.449. The first-order chi connectivity index (χ1) is 7.37. The monoisotopic (exact) mass is 341 g/mol. The molecular formula is C6H8Cl3N2O2S3-. The van der Waals surface area contributed by atoms with Crippen LogP contribution in [0.5, 0.6) is 0 Å². The molecule has 1 atom stereocenters. The number of hydrogen-bond donors (Lipinski definition) is 0. The molecule has 0 fully saturated rings. The third-order valence-electron chi connectivity index (χ3n) is 1.13. The Morgan fingerprint density at radius 2 is 2.06 bits per heavy atom. The van der Waals surface area contributed by atoms with Crippen molar-refractivity contribution in [2.75, 3.05) is 23.3 Å². The van der Waals surface area contributed by atoms with Crippen LogP contribution >= 0.6 is 58.3 Å². The van der Waals surface area contributed by atoms with E-state index in [-0.39, 0.29) is 12.4 Å². The van der Waals surface area contributed by atoms with Crippen LogP contribution in [0.25, 0.3) is 0 Å². The molecule has 0 amide bonds. The molecule has 0 radical (unpaired) electrons. The molecule has 94 valence electrons. The van der Waals surface area contributed by atoms with Crippen molar-refractivity contribution >= 4 is 69.6 Å². The number of rotatable bonds is 7. The Morgan fingerprint density at radius 1 is 1.44 bits per heavy atom. The van der Waals surface area contributed by atoms with Gasteiger partial charge in [-0.25, -0.2) is 4.31 Å². The summed E-state index contributed by atoms with van der Waals surface area (Å²) in [6, 6.07) is 1.76. The SMILES string of the molecule is N#CCN(CSCSCC(Cl)(Cl)Cl)S(=O)[O-]. The molecule has 0 heterocycles. The summed E-state index contributed by atoms with van der Waals surface area (Å²) < 4.78 is 20.9. The number of thioether (sulfide) groups is 2. The lowest BCUT2D eigenvalue weighted by Gasteiger charge is -2.20. The number of halogens is 3. The van der Waals surface area contributed by atoms with Gasteiger partial charge in [0.15, 0.2) is 3.79 Å². The topological polar surface area (TPSA) is 67.2 Å². The predicted molar refractivity (Wildman–Crippen MR) is 71.3 cm³/mol. The molecule has 16 heavy (non-hydrogen) atoms. The first-order valence-electron chi connectivity index (χ1n) is 3.80. The normalized spacial score (nSPS) is 13.8. The zero-order valence-corrected chi connectivity index (χ0v) is 12.6.